The molecular weight excluding hydrogens is 264 g/mol. The Bertz CT molecular complexity index is 741. The number of benzene rings is 1. The van der Waals surface area contributed by atoms with Crippen LogP contribution in [0.15, 0.2) is 52.5 Å². The van der Waals surface area contributed by atoms with Gasteiger partial charge in [-0.1, -0.05) is 12.1 Å². The van der Waals surface area contributed by atoms with Gasteiger partial charge in [-0.15, -0.1) is 0 Å². The third-order valence-corrected chi connectivity index (χ3v) is 4.09. The van der Waals surface area contributed by atoms with Gasteiger partial charge in [0, 0.05) is 11.8 Å². The molecule has 1 N–H and O–H groups in total. The van der Waals surface area contributed by atoms with Crippen molar-refractivity contribution in [2.24, 2.45) is 4.99 Å². The molecule has 0 amide bonds. The lowest BCUT2D eigenvalue weighted by atomic mass is 10.2. The van der Waals surface area contributed by atoms with Gasteiger partial charge in [0.05, 0.1) is 17.1 Å². The van der Waals surface area contributed by atoms with E-state index in [0.717, 1.165) is 0 Å². The highest BCUT2D eigenvalue weighted by Gasteiger charge is 2.29. The molecule has 1 aromatic carbocycles. The third kappa shape index (κ3) is 2.19. The molecule has 2 aromatic rings. The van der Waals surface area contributed by atoms with Gasteiger partial charge >= 0.3 is 0 Å². The molecule has 0 spiro atoms. The molecule has 3 rings (SSSR count). The van der Waals surface area contributed by atoms with Crippen LogP contribution in [0.2, 0.25) is 0 Å². The molecule has 7 heteroatoms. The van der Waals surface area contributed by atoms with Crippen molar-refractivity contribution in [3.8, 4) is 0 Å². The summed E-state index contributed by atoms with van der Waals surface area (Å²) in [6, 6.07) is 10.3. The van der Waals surface area contributed by atoms with Crippen molar-refractivity contribution in [2.45, 2.75) is 11.4 Å². The Morgan fingerprint density at radius 1 is 1.16 bits per heavy atom. The highest BCUT2D eigenvalue weighted by molar-refractivity contribution is 7.90. The molecule has 6 nitrogen and oxygen atoms in total. The first-order valence-electron chi connectivity index (χ1n) is 5.60. The summed E-state index contributed by atoms with van der Waals surface area (Å²) in [4.78, 5) is 4.51. The van der Waals surface area contributed by atoms with Crippen LogP contribution in [-0.4, -0.2) is 24.5 Å². The first-order valence-corrected chi connectivity index (χ1v) is 7.08. The van der Waals surface area contributed by atoms with E-state index in [1.807, 2.05) is 0 Å². The van der Waals surface area contributed by atoms with E-state index in [1.54, 1.807) is 42.6 Å². The molecule has 0 saturated heterocycles. The number of rotatable bonds is 2. The number of nitrogens with one attached hydrogen (secondary N) is 1. The zero-order valence-electron chi connectivity index (χ0n) is 9.81. The van der Waals surface area contributed by atoms with Crippen molar-refractivity contribution in [2.75, 3.05) is 0 Å². The molecule has 19 heavy (non-hydrogen) atoms. The van der Waals surface area contributed by atoms with Crippen LogP contribution in [0.4, 0.5) is 0 Å². The molecule has 0 fully saturated rings. The van der Waals surface area contributed by atoms with Crippen LogP contribution in [0.1, 0.15) is 11.3 Å². The SMILES string of the molecule is O=S1(=O)NC(=NCc2cccnn2)c2ccccc21. The predicted octanol–water partition coefficient (Wildman–Crippen LogP) is 0.715. The molecule has 96 valence electrons. The highest BCUT2D eigenvalue weighted by atomic mass is 32.2. The van der Waals surface area contributed by atoms with Crippen molar-refractivity contribution in [1.29, 1.82) is 0 Å². The molecule has 1 aliphatic rings. The average molecular weight is 274 g/mol. The Balaban J connectivity index is 1.96. The third-order valence-electron chi connectivity index (χ3n) is 2.69. The summed E-state index contributed by atoms with van der Waals surface area (Å²) in [5.74, 6) is 0.348. The highest BCUT2D eigenvalue weighted by Crippen LogP contribution is 2.22. The topological polar surface area (TPSA) is 84.3 Å². The van der Waals surface area contributed by atoms with Crippen LogP contribution in [0.25, 0.3) is 0 Å². The van der Waals surface area contributed by atoms with Crippen LogP contribution in [0, 0.1) is 0 Å². The summed E-state index contributed by atoms with van der Waals surface area (Å²) < 4.78 is 26.1. The smallest absolute Gasteiger partial charge is 0.263 e. The van der Waals surface area contributed by atoms with Crippen molar-refractivity contribution in [3.63, 3.8) is 0 Å². The van der Waals surface area contributed by atoms with Crippen LogP contribution in [0.3, 0.4) is 0 Å². The fraction of sp³-hybridized carbons (Fsp3) is 0.0833. The van der Waals surface area contributed by atoms with Crippen molar-refractivity contribution >= 4 is 15.9 Å². The average Bonchev–Trinajstić information content (AvgIpc) is 2.70. The molecule has 2 heterocycles. The first kappa shape index (κ1) is 11.8. The van der Waals surface area contributed by atoms with Gasteiger partial charge in [0.25, 0.3) is 10.0 Å². The lowest BCUT2D eigenvalue weighted by Crippen LogP contribution is -2.22. The summed E-state index contributed by atoms with van der Waals surface area (Å²) >= 11 is 0. The van der Waals surface area contributed by atoms with Gasteiger partial charge in [-0.05, 0) is 24.3 Å². The molecular formula is C12H10N4O2S. The number of amidine groups is 1. The van der Waals surface area contributed by atoms with E-state index >= 15 is 0 Å². The quantitative estimate of drug-likeness (QED) is 0.874. The van der Waals surface area contributed by atoms with Gasteiger partial charge in [0.1, 0.15) is 5.84 Å². The molecule has 0 atom stereocenters. The molecule has 1 aromatic heterocycles. The number of aliphatic imine (C=N–C) groups is 1. The van der Waals surface area contributed by atoms with Gasteiger partial charge in [0.15, 0.2) is 0 Å². The molecule has 1 aliphatic heterocycles. The van der Waals surface area contributed by atoms with E-state index in [1.165, 1.54) is 0 Å². The number of hydrogen-bond donors (Lipinski definition) is 1. The number of nitrogens with zero attached hydrogens (tertiary/aromatic N) is 3. The summed E-state index contributed by atoms with van der Waals surface area (Å²) in [6.07, 6.45) is 1.57. The van der Waals surface area contributed by atoms with E-state index < -0.39 is 10.0 Å². The lowest BCUT2D eigenvalue weighted by Gasteiger charge is -1.98. The summed E-state index contributed by atoms with van der Waals surface area (Å²) in [5, 5.41) is 7.64. The van der Waals surface area contributed by atoms with E-state index in [9.17, 15) is 8.42 Å². The maximum Gasteiger partial charge on any atom is 0.263 e. The summed E-state index contributed by atoms with van der Waals surface area (Å²) in [7, 11) is -3.48. The Morgan fingerprint density at radius 3 is 2.79 bits per heavy atom. The van der Waals surface area contributed by atoms with Crippen LogP contribution < -0.4 is 4.72 Å². The van der Waals surface area contributed by atoms with Gasteiger partial charge in [0.2, 0.25) is 0 Å². The van der Waals surface area contributed by atoms with Crippen molar-refractivity contribution in [3.05, 3.63) is 53.9 Å². The normalized spacial score (nSPS) is 18.0. The van der Waals surface area contributed by atoms with E-state index in [4.69, 9.17) is 0 Å². The monoisotopic (exact) mass is 274 g/mol. The Hall–Kier alpha value is -2.28. The molecule has 0 radical (unpaired) electrons. The predicted molar refractivity (Wildman–Crippen MR) is 69.0 cm³/mol. The first-order chi connectivity index (χ1) is 9.17. The Kier molecular flexibility index (Phi) is 2.75. The molecule has 0 saturated carbocycles. The van der Waals surface area contributed by atoms with Crippen LogP contribution in [-0.2, 0) is 16.6 Å². The number of sulfonamides is 1. The summed E-state index contributed by atoms with van der Waals surface area (Å²) in [6.45, 7) is 0.278. The van der Waals surface area contributed by atoms with Gasteiger partial charge in [-0.3, -0.25) is 9.71 Å². The number of fused-ring (bicyclic) bond motifs is 1. The Morgan fingerprint density at radius 2 is 2.00 bits per heavy atom. The van der Waals surface area contributed by atoms with Gasteiger partial charge in [-0.2, -0.15) is 10.2 Å². The zero-order chi connectivity index (χ0) is 13.3. The minimum Gasteiger partial charge on any atom is -0.263 e. The standard InChI is InChI=1S/C12H10N4O2S/c17-19(18)11-6-2-1-5-10(11)12(16-19)13-8-9-4-3-7-14-15-9/h1-7H,8H2,(H,13,16). The second kappa shape index (κ2) is 4.43. The van der Waals surface area contributed by atoms with E-state index in [0.29, 0.717) is 17.1 Å². The minimum atomic E-state index is -3.48. The van der Waals surface area contributed by atoms with Crippen molar-refractivity contribution in [1.82, 2.24) is 14.9 Å². The fourth-order valence-corrected chi connectivity index (χ4v) is 3.08. The zero-order valence-corrected chi connectivity index (χ0v) is 10.6. The number of hydrogen-bond acceptors (Lipinski definition) is 5. The molecule has 0 unspecified atom stereocenters. The number of aromatic nitrogens is 2. The largest absolute Gasteiger partial charge is 0.263 e. The second-order valence-electron chi connectivity index (χ2n) is 3.98. The van der Waals surface area contributed by atoms with Crippen LogP contribution in [0.5, 0.6) is 0 Å². The molecule has 0 aliphatic carbocycles. The molecule has 0 bridgehead atoms. The maximum atomic E-state index is 11.9. The maximum absolute atomic E-state index is 11.9. The van der Waals surface area contributed by atoms with E-state index in [2.05, 4.69) is 19.9 Å². The second-order valence-corrected chi connectivity index (χ2v) is 5.63. The minimum absolute atomic E-state index is 0.257. The van der Waals surface area contributed by atoms with E-state index in [-0.39, 0.29) is 11.4 Å². The van der Waals surface area contributed by atoms with Gasteiger partial charge in [-0.25, -0.2) is 8.42 Å². The summed E-state index contributed by atoms with van der Waals surface area (Å²) in [5.41, 5.74) is 1.27. The van der Waals surface area contributed by atoms with Crippen LogP contribution >= 0.6 is 0 Å². The fourth-order valence-electron chi connectivity index (χ4n) is 1.83. The van der Waals surface area contributed by atoms with Gasteiger partial charge < -0.3 is 0 Å². The Labute approximate surface area is 110 Å². The van der Waals surface area contributed by atoms with Crippen molar-refractivity contribution < 1.29 is 8.42 Å². The lowest BCUT2D eigenvalue weighted by molar-refractivity contribution is 0.595.